The molecular formula is C25H29ClN4O3S. The van der Waals surface area contributed by atoms with E-state index < -0.39 is 10.0 Å². The minimum atomic E-state index is -3.62. The molecule has 9 heteroatoms. The van der Waals surface area contributed by atoms with Crippen molar-refractivity contribution in [3.05, 3.63) is 65.4 Å². The number of halogens is 1. The van der Waals surface area contributed by atoms with Crippen LogP contribution in [0.25, 0.3) is 10.9 Å². The molecular weight excluding hydrogens is 472 g/mol. The summed E-state index contributed by atoms with van der Waals surface area (Å²) < 4.78 is 28.7. The number of nitrogens with one attached hydrogen (secondary N) is 3. The van der Waals surface area contributed by atoms with E-state index in [0.717, 1.165) is 54.5 Å². The molecule has 0 radical (unpaired) electrons. The molecule has 1 aromatic heterocycles. The molecule has 3 aromatic rings. The van der Waals surface area contributed by atoms with E-state index in [-0.39, 0.29) is 34.8 Å². The Morgan fingerprint density at radius 2 is 1.82 bits per heavy atom. The van der Waals surface area contributed by atoms with Crippen molar-refractivity contribution in [2.75, 3.05) is 19.0 Å². The van der Waals surface area contributed by atoms with E-state index in [1.165, 1.54) is 5.56 Å². The highest BCUT2D eigenvalue weighted by Gasteiger charge is 2.38. The number of hydrogen-bond acceptors (Lipinski definition) is 4. The molecule has 3 heterocycles. The maximum absolute atomic E-state index is 13.0. The first-order valence-electron chi connectivity index (χ1n) is 11.7. The minimum Gasteiger partial charge on any atom is -0.356 e. The summed E-state index contributed by atoms with van der Waals surface area (Å²) in [6.07, 6.45) is 2.27. The summed E-state index contributed by atoms with van der Waals surface area (Å²) in [4.78, 5) is 18.5. The molecule has 180 valence electrons. The number of aromatic nitrogens is 1. The van der Waals surface area contributed by atoms with Gasteiger partial charge in [-0.2, -0.15) is 0 Å². The van der Waals surface area contributed by atoms with E-state index in [0.29, 0.717) is 0 Å². The Morgan fingerprint density at radius 3 is 2.53 bits per heavy atom. The number of benzene rings is 2. The Kier molecular flexibility index (Phi) is 6.41. The van der Waals surface area contributed by atoms with Crippen LogP contribution in [0.1, 0.15) is 42.6 Å². The van der Waals surface area contributed by atoms with Gasteiger partial charge in [0.25, 0.3) is 0 Å². The fourth-order valence-corrected chi connectivity index (χ4v) is 6.75. The molecule has 34 heavy (non-hydrogen) atoms. The lowest BCUT2D eigenvalue weighted by molar-refractivity contribution is -0.133. The van der Waals surface area contributed by atoms with Gasteiger partial charge in [-0.15, -0.1) is 11.6 Å². The topological polar surface area (TPSA) is 94.3 Å². The molecule has 1 fully saturated rings. The number of carbonyl (C=O) groups excluding carboxylic acids is 1. The zero-order chi connectivity index (χ0) is 23.9. The summed E-state index contributed by atoms with van der Waals surface area (Å²) in [5, 5.41) is 4.39. The average Bonchev–Trinajstić information content (AvgIpc) is 3.21. The van der Waals surface area contributed by atoms with Crippen molar-refractivity contribution in [2.45, 2.75) is 49.2 Å². The Morgan fingerprint density at radius 1 is 1.12 bits per heavy atom. The predicted molar refractivity (Wildman–Crippen MR) is 134 cm³/mol. The van der Waals surface area contributed by atoms with Gasteiger partial charge < -0.3 is 15.2 Å². The standard InChI is InChI=1S/C25H29ClN4O3S/c1-16-14-21-20-4-2-3-5-22(20)28-24(21)25(30(16)23(31)15-26)17-6-8-19(9-7-17)34(32,33)29-18-10-12-27-13-11-18/h2-9,16,18,25,27-29H,10-15H2,1H3/t16-,25?/m0/s1. The number of carbonyl (C=O) groups is 1. The molecule has 1 saturated heterocycles. The smallest absolute Gasteiger partial charge is 0.240 e. The van der Waals surface area contributed by atoms with E-state index in [1.54, 1.807) is 12.1 Å². The zero-order valence-electron chi connectivity index (χ0n) is 19.1. The van der Waals surface area contributed by atoms with Gasteiger partial charge in [0, 0.05) is 28.7 Å². The lowest BCUT2D eigenvalue weighted by Crippen LogP contribution is -2.47. The molecule has 5 rings (SSSR count). The van der Waals surface area contributed by atoms with Gasteiger partial charge in [-0.25, -0.2) is 13.1 Å². The molecule has 7 nitrogen and oxygen atoms in total. The van der Waals surface area contributed by atoms with Gasteiger partial charge in [0.1, 0.15) is 5.88 Å². The number of hydrogen-bond donors (Lipinski definition) is 3. The van der Waals surface area contributed by atoms with Crippen LogP contribution in [-0.2, 0) is 21.2 Å². The number of para-hydroxylation sites is 1. The van der Waals surface area contributed by atoms with Gasteiger partial charge in [0.15, 0.2) is 0 Å². The maximum Gasteiger partial charge on any atom is 0.240 e. The summed E-state index contributed by atoms with van der Waals surface area (Å²) in [7, 11) is -3.62. The SMILES string of the molecule is C[C@H]1Cc2c([nH]c3ccccc23)C(c2ccc(S(=O)(=O)NC3CCNCC3)cc2)N1C(=O)CCl. The third kappa shape index (κ3) is 4.24. The molecule has 0 aliphatic carbocycles. The molecule has 0 bridgehead atoms. The Bertz CT molecular complexity index is 1300. The van der Waals surface area contributed by atoms with Gasteiger partial charge in [0.2, 0.25) is 15.9 Å². The van der Waals surface area contributed by atoms with E-state index in [2.05, 4.69) is 21.1 Å². The number of aromatic amines is 1. The number of piperidine rings is 1. The number of nitrogens with zero attached hydrogens (tertiary/aromatic N) is 1. The number of rotatable bonds is 5. The Hall–Kier alpha value is -2.39. The predicted octanol–water partition coefficient (Wildman–Crippen LogP) is 3.30. The molecule has 1 amide bonds. The van der Waals surface area contributed by atoms with Gasteiger partial charge >= 0.3 is 0 Å². The average molecular weight is 501 g/mol. The third-order valence-corrected chi connectivity index (χ3v) is 8.71. The molecule has 3 N–H and O–H groups in total. The van der Waals surface area contributed by atoms with Crippen molar-refractivity contribution in [1.29, 1.82) is 0 Å². The second-order valence-electron chi connectivity index (χ2n) is 9.17. The number of fused-ring (bicyclic) bond motifs is 3. The van der Waals surface area contributed by atoms with Gasteiger partial charge in [-0.05, 0) is 68.6 Å². The van der Waals surface area contributed by atoms with E-state index in [4.69, 9.17) is 11.6 Å². The molecule has 1 unspecified atom stereocenters. The fourth-order valence-electron chi connectivity index (χ4n) is 5.30. The van der Waals surface area contributed by atoms with Crippen LogP contribution < -0.4 is 10.0 Å². The van der Waals surface area contributed by atoms with Crippen molar-refractivity contribution in [2.24, 2.45) is 0 Å². The lowest BCUT2D eigenvalue weighted by atomic mass is 9.88. The quantitative estimate of drug-likeness (QED) is 0.468. The second kappa shape index (κ2) is 9.34. The van der Waals surface area contributed by atoms with Crippen LogP contribution in [0.3, 0.4) is 0 Å². The van der Waals surface area contributed by atoms with Crippen molar-refractivity contribution in [3.63, 3.8) is 0 Å². The number of H-pyrrole nitrogens is 1. The fraction of sp³-hybridized carbons (Fsp3) is 0.400. The second-order valence-corrected chi connectivity index (χ2v) is 11.1. The van der Waals surface area contributed by atoms with Gasteiger partial charge in [-0.1, -0.05) is 30.3 Å². The zero-order valence-corrected chi connectivity index (χ0v) is 20.6. The third-order valence-electron chi connectivity index (χ3n) is 6.94. The maximum atomic E-state index is 13.0. The first-order valence-corrected chi connectivity index (χ1v) is 13.7. The van der Waals surface area contributed by atoms with Crippen molar-refractivity contribution in [1.82, 2.24) is 19.9 Å². The highest BCUT2D eigenvalue weighted by molar-refractivity contribution is 7.89. The lowest BCUT2D eigenvalue weighted by Gasteiger charge is -2.40. The van der Waals surface area contributed by atoms with Crippen LogP contribution in [0, 0.1) is 0 Å². The van der Waals surface area contributed by atoms with Crippen LogP contribution in [0.5, 0.6) is 0 Å². The monoisotopic (exact) mass is 500 g/mol. The number of amides is 1. The summed E-state index contributed by atoms with van der Waals surface area (Å²) >= 11 is 5.99. The molecule has 0 saturated carbocycles. The highest BCUT2D eigenvalue weighted by Crippen LogP contribution is 2.41. The molecule has 2 aliphatic rings. The number of sulfonamides is 1. The van der Waals surface area contributed by atoms with Crippen LogP contribution >= 0.6 is 11.6 Å². The summed E-state index contributed by atoms with van der Waals surface area (Å²) in [5.74, 6) is -0.254. The van der Waals surface area contributed by atoms with E-state index in [1.807, 2.05) is 42.2 Å². The normalized spacial score (nSPS) is 21.5. The van der Waals surface area contributed by atoms with Gasteiger partial charge in [0.05, 0.1) is 10.9 Å². The molecule has 0 spiro atoms. The molecule has 2 atom stereocenters. The van der Waals surface area contributed by atoms with Crippen molar-refractivity contribution in [3.8, 4) is 0 Å². The van der Waals surface area contributed by atoms with Crippen LogP contribution in [0.4, 0.5) is 0 Å². The summed E-state index contributed by atoms with van der Waals surface area (Å²) in [6.45, 7) is 3.65. The Labute approximate surface area is 204 Å². The van der Waals surface area contributed by atoms with E-state index >= 15 is 0 Å². The van der Waals surface area contributed by atoms with Crippen LogP contribution in [0.15, 0.2) is 53.4 Å². The largest absolute Gasteiger partial charge is 0.356 e. The van der Waals surface area contributed by atoms with Gasteiger partial charge in [-0.3, -0.25) is 4.79 Å². The van der Waals surface area contributed by atoms with Crippen LogP contribution in [-0.4, -0.2) is 55.3 Å². The first kappa shape index (κ1) is 23.4. The number of alkyl halides is 1. The minimum absolute atomic E-state index is 0.0482. The highest BCUT2D eigenvalue weighted by atomic mass is 35.5. The van der Waals surface area contributed by atoms with Crippen molar-refractivity contribution < 1.29 is 13.2 Å². The van der Waals surface area contributed by atoms with Crippen molar-refractivity contribution >= 4 is 38.4 Å². The summed E-state index contributed by atoms with van der Waals surface area (Å²) in [5.41, 5.74) is 4.02. The summed E-state index contributed by atoms with van der Waals surface area (Å²) in [6, 6.07) is 14.5. The van der Waals surface area contributed by atoms with E-state index in [9.17, 15) is 13.2 Å². The first-order chi connectivity index (χ1) is 16.4. The molecule has 2 aliphatic heterocycles. The molecule has 2 aromatic carbocycles. The van der Waals surface area contributed by atoms with Crippen LogP contribution in [0.2, 0.25) is 0 Å². The Balaban J connectivity index is 1.52.